The molecule has 2 heterocycles. The molecule has 140 valence electrons. The van der Waals surface area contributed by atoms with E-state index in [1.165, 1.54) is 5.56 Å². The van der Waals surface area contributed by atoms with Gasteiger partial charge in [-0.3, -0.25) is 9.59 Å². The number of amides is 1. The number of carbonyl (C=O) groups excluding carboxylic acids is 2. The fourth-order valence-electron chi connectivity index (χ4n) is 3.95. The van der Waals surface area contributed by atoms with Gasteiger partial charge in [-0.1, -0.05) is 12.1 Å². The van der Waals surface area contributed by atoms with E-state index in [0.29, 0.717) is 17.9 Å². The third kappa shape index (κ3) is 3.71. The minimum Gasteiger partial charge on any atom is -0.489 e. The van der Waals surface area contributed by atoms with Crippen molar-refractivity contribution in [2.75, 3.05) is 13.2 Å². The van der Waals surface area contributed by atoms with Crippen LogP contribution < -0.4 is 10.5 Å². The second-order valence-corrected chi connectivity index (χ2v) is 7.17. The molecule has 1 amide bonds. The second kappa shape index (κ2) is 7.48. The van der Waals surface area contributed by atoms with Crippen LogP contribution in [0.4, 0.5) is 0 Å². The van der Waals surface area contributed by atoms with Gasteiger partial charge in [-0.05, 0) is 60.4 Å². The van der Waals surface area contributed by atoms with Gasteiger partial charge in [0.15, 0.2) is 0 Å². The van der Waals surface area contributed by atoms with Crippen molar-refractivity contribution in [3.8, 4) is 5.75 Å². The van der Waals surface area contributed by atoms with E-state index < -0.39 is 5.91 Å². The van der Waals surface area contributed by atoms with Crippen molar-refractivity contribution in [1.29, 1.82) is 0 Å². The Kier molecular flexibility index (Phi) is 4.90. The molecule has 1 aromatic carbocycles. The molecule has 0 unspecified atom stereocenters. The summed E-state index contributed by atoms with van der Waals surface area (Å²) in [5, 5.41) is 0. The summed E-state index contributed by atoms with van der Waals surface area (Å²) in [6.07, 6.45) is 6.09. The lowest BCUT2D eigenvalue weighted by Crippen LogP contribution is -2.19. The molecule has 1 aliphatic carbocycles. The highest BCUT2D eigenvalue weighted by molar-refractivity contribution is 5.92. The zero-order valence-electron chi connectivity index (χ0n) is 15.0. The fourth-order valence-corrected chi connectivity index (χ4v) is 3.95. The number of nitrogens with zero attached hydrogens (tertiary/aromatic N) is 1. The fraction of sp³-hybridized carbons (Fsp3) is 0.381. The number of carbonyl (C=O) groups is 2. The Bertz CT molecular complexity index is 874. The lowest BCUT2D eigenvalue weighted by molar-refractivity contribution is 0.0677. The molecule has 2 aliphatic rings. The normalized spacial score (nSPS) is 21.0. The van der Waals surface area contributed by atoms with Gasteiger partial charge < -0.3 is 15.2 Å². The predicted molar refractivity (Wildman–Crippen MR) is 99.2 cm³/mol. The summed E-state index contributed by atoms with van der Waals surface area (Å²) in [6.45, 7) is 1.26. The molecule has 1 fully saturated rings. The number of pyridine rings is 1. The Hall–Kier alpha value is -2.73. The number of aromatic nitrogens is 1. The Morgan fingerprint density at radius 1 is 1.30 bits per heavy atom. The van der Waals surface area contributed by atoms with Crippen LogP contribution in [-0.4, -0.2) is 36.5 Å². The van der Waals surface area contributed by atoms with Crippen LogP contribution in [0.5, 0.6) is 5.75 Å². The molecule has 1 aromatic heterocycles. The largest absolute Gasteiger partial charge is 0.489 e. The first kappa shape index (κ1) is 17.7. The van der Waals surface area contributed by atoms with Gasteiger partial charge in [0.1, 0.15) is 24.3 Å². The smallest absolute Gasteiger partial charge is 0.267 e. The Labute approximate surface area is 157 Å². The maximum atomic E-state index is 11.9. The first-order valence-corrected chi connectivity index (χ1v) is 9.25. The Morgan fingerprint density at radius 3 is 2.89 bits per heavy atom. The van der Waals surface area contributed by atoms with Crippen molar-refractivity contribution in [3.05, 3.63) is 58.4 Å². The molecule has 2 N–H and O–H groups in total. The van der Waals surface area contributed by atoms with Crippen molar-refractivity contribution in [1.82, 2.24) is 4.98 Å². The SMILES string of the molecule is NC(=O)c1ncc(OC[C@@H]2CCCO2)cc1[C@@H]1Cc2ccc(C=O)cc2C1. The first-order chi connectivity index (χ1) is 13.1. The quantitative estimate of drug-likeness (QED) is 0.793. The third-order valence-corrected chi connectivity index (χ3v) is 5.32. The Balaban J connectivity index is 1.57. The van der Waals surface area contributed by atoms with Crippen molar-refractivity contribution in [2.24, 2.45) is 5.73 Å². The number of hydrogen-bond donors (Lipinski definition) is 1. The van der Waals surface area contributed by atoms with E-state index in [1.54, 1.807) is 6.20 Å². The lowest BCUT2D eigenvalue weighted by Gasteiger charge is -2.16. The average molecular weight is 366 g/mol. The van der Waals surface area contributed by atoms with Crippen molar-refractivity contribution < 1.29 is 19.1 Å². The standard InChI is InChI=1S/C21H22N2O4/c22-21(25)20-19(9-18(10-23-20)27-12-17-2-1-5-26-17)16-7-14-4-3-13(11-24)6-15(14)8-16/h3-4,6,9-11,16-17H,1-2,5,7-8,12H2,(H2,22,25)/t16-,17+/m1/s1. The van der Waals surface area contributed by atoms with Crippen LogP contribution in [0.2, 0.25) is 0 Å². The van der Waals surface area contributed by atoms with Gasteiger partial charge in [0, 0.05) is 12.2 Å². The van der Waals surface area contributed by atoms with E-state index in [0.717, 1.165) is 49.7 Å². The van der Waals surface area contributed by atoms with Crippen molar-refractivity contribution >= 4 is 12.2 Å². The molecule has 27 heavy (non-hydrogen) atoms. The summed E-state index contributed by atoms with van der Waals surface area (Å²) in [5.41, 5.74) is 9.62. The highest BCUT2D eigenvalue weighted by Crippen LogP contribution is 2.36. The highest BCUT2D eigenvalue weighted by atomic mass is 16.5. The zero-order chi connectivity index (χ0) is 18.8. The van der Waals surface area contributed by atoms with Gasteiger partial charge in [-0.15, -0.1) is 0 Å². The zero-order valence-corrected chi connectivity index (χ0v) is 15.0. The molecular formula is C21H22N2O4. The van der Waals surface area contributed by atoms with E-state index in [9.17, 15) is 9.59 Å². The van der Waals surface area contributed by atoms with E-state index in [1.807, 2.05) is 24.3 Å². The number of fused-ring (bicyclic) bond motifs is 1. The number of primary amides is 1. The van der Waals surface area contributed by atoms with E-state index in [4.69, 9.17) is 15.2 Å². The first-order valence-electron chi connectivity index (χ1n) is 9.25. The van der Waals surface area contributed by atoms with Crippen LogP contribution in [0.15, 0.2) is 30.5 Å². The van der Waals surface area contributed by atoms with Crippen LogP contribution in [-0.2, 0) is 17.6 Å². The molecule has 2 aromatic rings. The second-order valence-electron chi connectivity index (χ2n) is 7.17. The summed E-state index contributed by atoms with van der Waals surface area (Å²) in [5.74, 6) is 0.165. The number of aldehydes is 1. The minimum atomic E-state index is -0.541. The van der Waals surface area contributed by atoms with Gasteiger partial charge in [0.25, 0.3) is 5.91 Å². The van der Waals surface area contributed by atoms with Gasteiger partial charge in [-0.25, -0.2) is 4.98 Å². The molecule has 2 atom stereocenters. The third-order valence-electron chi connectivity index (χ3n) is 5.32. The highest BCUT2D eigenvalue weighted by Gasteiger charge is 2.28. The van der Waals surface area contributed by atoms with Crippen LogP contribution in [0.1, 0.15) is 56.3 Å². The molecule has 0 saturated carbocycles. The monoisotopic (exact) mass is 366 g/mol. The molecule has 1 aliphatic heterocycles. The number of hydrogen-bond acceptors (Lipinski definition) is 5. The summed E-state index contributed by atoms with van der Waals surface area (Å²) < 4.78 is 11.4. The summed E-state index contributed by atoms with van der Waals surface area (Å²) in [4.78, 5) is 27.2. The van der Waals surface area contributed by atoms with Gasteiger partial charge in [0.2, 0.25) is 0 Å². The molecule has 0 radical (unpaired) electrons. The van der Waals surface area contributed by atoms with Gasteiger partial charge >= 0.3 is 0 Å². The topological polar surface area (TPSA) is 91.5 Å². The molecule has 6 heteroatoms. The summed E-state index contributed by atoms with van der Waals surface area (Å²) in [6, 6.07) is 7.59. The van der Waals surface area contributed by atoms with Gasteiger partial charge in [0.05, 0.1) is 12.3 Å². The van der Waals surface area contributed by atoms with Crippen molar-refractivity contribution in [3.63, 3.8) is 0 Å². The summed E-state index contributed by atoms with van der Waals surface area (Å²) in [7, 11) is 0. The molecule has 6 nitrogen and oxygen atoms in total. The number of rotatable bonds is 6. The molecule has 0 bridgehead atoms. The van der Waals surface area contributed by atoms with Crippen LogP contribution in [0.25, 0.3) is 0 Å². The number of ether oxygens (including phenoxy) is 2. The molecule has 1 saturated heterocycles. The van der Waals surface area contributed by atoms with E-state index >= 15 is 0 Å². The predicted octanol–water partition coefficient (Wildman–Crippen LogP) is 2.43. The van der Waals surface area contributed by atoms with Gasteiger partial charge in [-0.2, -0.15) is 0 Å². The molecular weight excluding hydrogens is 344 g/mol. The summed E-state index contributed by atoms with van der Waals surface area (Å²) >= 11 is 0. The van der Waals surface area contributed by atoms with E-state index in [-0.39, 0.29) is 17.7 Å². The van der Waals surface area contributed by atoms with Crippen molar-refractivity contribution in [2.45, 2.75) is 37.7 Å². The van der Waals surface area contributed by atoms with Crippen LogP contribution in [0.3, 0.4) is 0 Å². The average Bonchev–Trinajstić information content (AvgIpc) is 3.34. The van der Waals surface area contributed by atoms with Crippen LogP contribution in [0, 0.1) is 0 Å². The number of nitrogens with two attached hydrogens (primary N) is 1. The molecule has 0 spiro atoms. The maximum absolute atomic E-state index is 11.9. The molecule has 4 rings (SSSR count). The minimum absolute atomic E-state index is 0.0863. The number of benzene rings is 1. The van der Waals surface area contributed by atoms with E-state index in [2.05, 4.69) is 4.98 Å². The maximum Gasteiger partial charge on any atom is 0.267 e. The van der Waals surface area contributed by atoms with Crippen LogP contribution >= 0.6 is 0 Å². The Morgan fingerprint density at radius 2 is 2.15 bits per heavy atom. The lowest BCUT2D eigenvalue weighted by atomic mass is 9.94.